The van der Waals surface area contributed by atoms with E-state index in [4.69, 9.17) is 10.5 Å². The van der Waals surface area contributed by atoms with Crippen molar-refractivity contribution >= 4 is 11.9 Å². The van der Waals surface area contributed by atoms with Crippen LogP contribution in [-0.2, 0) is 19.4 Å². The van der Waals surface area contributed by atoms with Crippen LogP contribution in [0.2, 0.25) is 0 Å². The van der Waals surface area contributed by atoms with E-state index in [1.165, 1.54) is 0 Å². The first-order chi connectivity index (χ1) is 16.6. The number of aliphatic hydroxyl groups is 2. The summed E-state index contributed by atoms with van der Waals surface area (Å²) in [6.45, 7) is 23.7. The van der Waals surface area contributed by atoms with Crippen molar-refractivity contribution < 1.29 is 40.1 Å². The summed E-state index contributed by atoms with van der Waals surface area (Å²) >= 11 is 0. The van der Waals surface area contributed by atoms with E-state index in [1.807, 2.05) is 55.4 Å². The third kappa shape index (κ3) is 15.7. The van der Waals surface area contributed by atoms with Gasteiger partial charge < -0.3 is 20.0 Å². The van der Waals surface area contributed by atoms with Gasteiger partial charge in [0.25, 0.3) is 0 Å². The van der Waals surface area contributed by atoms with Crippen molar-refractivity contribution in [2.75, 3.05) is 0 Å². The molecule has 0 aromatic carbocycles. The molecule has 0 saturated heterocycles. The fourth-order valence-electron chi connectivity index (χ4n) is 4.88. The summed E-state index contributed by atoms with van der Waals surface area (Å²) < 4.78 is 0. The van der Waals surface area contributed by atoms with Gasteiger partial charge in [0.2, 0.25) is 0 Å². The molecular formula is C29H58O8. The van der Waals surface area contributed by atoms with Gasteiger partial charge in [-0.3, -0.25) is 0 Å². The first-order valence-corrected chi connectivity index (χ1v) is 13.6. The van der Waals surface area contributed by atoms with Crippen LogP contribution in [0.25, 0.3) is 0 Å². The molecule has 0 aliphatic carbocycles. The molecule has 0 aromatic heterocycles. The van der Waals surface area contributed by atoms with E-state index in [-0.39, 0.29) is 11.3 Å². The molecule has 0 aromatic rings. The van der Waals surface area contributed by atoms with E-state index in [2.05, 4.69) is 30.5 Å². The smallest absolute Gasteiger partial charge is 0.345 e. The predicted molar refractivity (Wildman–Crippen MR) is 147 cm³/mol. The molecule has 4 unspecified atom stereocenters. The van der Waals surface area contributed by atoms with Crippen molar-refractivity contribution in [1.82, 2.24) is 0 Å². The number of rotatable bonds is 13. The van der Waals surface area contributed by atoms with E-state index in [9.17, 15) is 19.8 Å². The van der Waals surface area contributed by atoms with Crippen molar-refractivity contribution in [3.63, 3.8) is 0 Å². The Hall–Kier alpha value is -1.22. The largest absolute Gasteiger partial charge is 0.393 e. The number of carbonyl (C=O) groups is 2. The highest BCUT2D eigenvalue weighted by Crippen LogP contribution is 2.40. The molecule has 0 spiro atoms. The predicted octanol–water partition coefficient (Wildman–Crippen LogP) is 6.87. The Kier molecular flexibility index (Phi) is 16.4. The standard InChI is InChI=1S/C16H32O4.C13H26O4/c1-12(17)11-16(5,6)13(14(18)20-19)9-7-8-10-15(2,3)4;1-7-10(14)13(5,6)9(11(15)17-16)8-12(2,3)4/h12-13,17,19H,7-11H2,1-6H3;9-10,14,16H,7-8H2,1-6H3. The molecule has 0 fully saturated rings. The highest BCUT2D eigenvalue weighted by atomic mass is 17.1. The lowest BCUT2D eigenvalue weighted by Gasteiger charge is -2.38. The van der Waals surface area contributed by atoms with Crippen LogP contribution in [0.3, 0.4) is 0 Å². The normalized spacial score (nSPS) is 16.1. The molecule has 0 amide bonds. The van der Waals surface area contributed by atoms with Crippen molar-refractivity contribution in [3.05, 3.63) is 0 Å². The summed E-state index contributed by atoms with van der Waals surface area (Å²) in [5.74, 6) is -2.17. The van der Waals surface area contributed by atoms with Gasteiger partial charge in [-0.05, 0) is 55.3 Å². The maximum absolute atomic E-state index is 11.8. The zero-order valence-corrected chi connectivity index (χ0v) is 25.7. The molecule has 8 nitrogen and oxygen atoms in total. The Morgan fingerprint density at radius 3 is 1.54 bits per heavy atom. The highest BCUT2D eigenvalue weighted by Gasteiger charge is 2.43. The molecule has 4 atom stereocenters. The maximum Gasteiger partial charge on any atom is 0.345 e. The van der Waals surface area contributed by atoms with Crippen LogP contribution in [0.4, 0.5) is 0 Å². The van der Waals surface area contributed by atoms with E-state index in [0.717, 1.165) is 19.3 Å². The minimum atomic E-state index is -0.669. The van der Waals surface area contributed by atoms with Crippen LogP contribution in [0, 0.1) is 33.5 Å². The monoisotopic (exact) mass is 534 g/mol. The first-order valence-electron chi connectivity index (χ1n) is 13.6. The molecule has 0 radical (unpaired) electrons. The zero-order chi connectivity index (χ0) is 29.8. The van der Waals surface area contributed by atoms with E-state index < -0.39 is 40.9 Å². The zero-order valence-electron chi connectivity index (χ0n) is 25.7. The van der Waals surface area contributed by atoms with E-state index in [1.54, 1.807) is 6.92 Å². The van der Waals surface area contributed by atoms with Crippen LogP contribution >= 0.6 is 0 Å². The number of hydrogen-bond acceptors (Lipinski definition) is 8. The van der Waals surface area contributed by atoms with Crippen LogP contribution in [0.15, 0.2) is 0 Å². The second kappa shape index (κ2) is 16.0. The quantitative estimate of drug-likeness (QED) is 0.114. The average molecular weight is 535 g/mol. The summed E-state index contributed by atoms with van der Waals surface area (Å²) in [6.07, 6.45) is 4.28. The van der Waals surface area contributed by atoms with Crippen LogP contribution in [-0.4, -0.2) is 44.9 Å². The number of unbranched alkanes of at least 4 members (excludes halogenated alkanes) is 1. The Balaban J connectivity index is 0. The second-order valence-electron chi connectivity index (χ2n) is 14.3. The summed E-state index contributed by atoms with van der Waals surface area (Å²) in [5.41, 5.74) is -0.802. The van der Waals surface area contributed by atoms with Crippen LogP contribution in [0.1, 0.15) is 128 Å². The number of carbonyl (C=O) groups excluding carboxylic acids is 2. The molecule has 0 bridgehead atoms. The van der Waals surface area contributed by atoms with Crippen molar-refractivity contribution in [2.45, 2.75) is 140 Å². The van der Waals surface area contributed by atoms with E-state index in [0.29, 0.717) is 31.1 Å². The molecule has 0 aliphatic heterocycles. The van der Waals surface area contributed by atoms with E-state index >= 15 is 0 Å². The molecule has 0 heterocycles. The Labute approximate surface area is 226 Å². The van der Waals surface area contributed by atoms with Gasteiger partial charge in [-0.2, -0.15) is 10.5 Å². The van der Waals surface area contributed by atoms with Gasteiger partial charge in [0.05, 0.1) is 24.0 Å². The third-order valence-corrected chi connectivity index (χ3v) is 7.14. The Morgan fingerprint density at radius 2 is 1.19 bits per heavy atom. The van der Waals surface area contributed by atoms with Gasteiger partial charge in [0.15, 0.2) is 0 Å². The minimum Gasteiger partial charge on any atom is -0.393 e. The van der Waals surface area contributed by atoms with Crippen molar-refractivity contribution in [1.29, 1.82) is 0 Å². The average Bonchev–Trinajstić information content (AvgIpc) is 2.73. The summed E-state index contributed by atoms with van der Waals surface area (Å²) in [7, 11) is 0. The second-order valence-corrected chi connectivity index (χ2v) is 14.3. The van der Waals surface area contributed by atoms with Gasteiger partial charge in [-0.1, -0.05) is 89.0 Å². The van der Waals surface area contributed by atoms with Crippen LogP contribution < -0.4 is 0 Å². The molecule has 0 rings (SSSR count). The van der Waals surface area contributed by atoms with Gasteiger partial charge in [-0.25, -0.2) is 9.59 Å². The highest BCUT2D eigenvalue weighted by molar-refractivity contribution is 5.73. The summed E-state index contributed by atoms with van der Waals surface area (Å²) in [6, 6.07) is 0. The lowest BCUT2D eigenvalue weighted by molar-refractivity contribution is -0.245. The summed E-state index contributed by atoms with van der Waals surface area (Å²) in [4.78, 5) is 31.3. The summed E-state index contributed by atoms with van der Waals surface area (Å²) in [5, 5.41) is 36.8. The molecule has 8 heteroatoms. The van der Waals surface area contributed by atoms with Gasteiger partial charge in [0, 0.05) is 5.41 Å². The van der Waals surface area contributed by atoms with Gasteiger partial charge in [-0.15, -0.1) is 0 Å². The fourth-order valence-corrected chi connectivity index (χ4v) is 4.88. The lowest BCUT2D eigenvalue weighted by Crippen LogP contribution is -2.42. The van der Waals surface area contributed by atoms with Crippen molar-refractivity contribution in [3.8, 4) is 0 Å². The van der Waals surface area contributed by atoms with Gasteiger partial charge >= 0.3 is 11.9 Å². The van der Waals surface area contributed by atoms with Crippen molar-refractivity contribution in [2.24, 2.45) is 33.5 Å². The molecule has 222 valence electrons. The molecule has 0 saturated carbocycles. The minimum absolute atomic E-state index is 0.0798. The molecular weight excluding hydrogens is 476 g/mol. The Morgan fingerprint density at radius 1 is 0.730 bits per heavy atom. The van der Waals surface area contributed by atoms with Crippen LogP contribution in [0.5, 0.6) is 0 Å². The van der Waals surface area contributed by atoms with Gasteiger partial charge in [0.1, 0.15) is 0 Å². The Bertz CT molecular complexity index is 656. The first kappa shape index (κ1) is 37.9. The third-order valence-electron chi connectivity index (χ3n) is 7.14. The number of hydrogen-bond donors (Lipinski definition) is 4. The number of aliphatic hydroxyl groups excluding tert-OH is 2. The molecule has 37 heavy (non-hydrogen) atoms. The molecule has 4 N–H and O–H groups in total. The maximum atomic E-state index is 11.8. The fraction of sp³-hybridized carbons (Fsp3) is 0.931. The lowest BCUT2D eigenvalue weighted by atomic mass is 9.68. The SMILES string of the molecule is CC(O)CC(C)(C)C(CCCCC(C)(C)C)C(=O)OO.CCC(O)C(C)(C)C(CC(C)(C)C)C(=O)OO. The molecule has 0 aliphatic rings. The topological polar surface area (TPSA) is 134 Å².